The van der Waals surface area contributed by atoms with Crippen LogP contribution >= 0.6 is 11.8 Å². The van der Waals surface area contributed by atoms with Crippen LogP contribution < -0.4 is 0 Å². The third-order valence-corrected chi connectivity index (χ3v) is 3.34. The van der Waals surface area contributed by atoms with Crippen LogP contribution in [0.1, 0.15) is 5.56 Å². The lowest BCUT2D eigenvalue weighted by atomic mass is 10.2. The van der Waals surface area contributed by atoms with Crippen molar-refractivity contribution in [1.29, 1.82) is 0 Å². The lowest BCUT2D eigenvalue weighted by Crippen LogP contribution is -2.37. The fraction of sp³-hybridized carbons (Fsp3) is 0.286. The summed E-state index contributed by atoms with van der Waals surface area (Å²) >= 11 is 1.37. The minimum absolute atomic E-state index is 0.0135. The van der Waals surface area contributed by atoms with Gasteiger partial charge in [-0.05, 0) is 19.1 Å². The van der Waals surface area contributed by atoms with Crippen molar-refractivity contribution in [2.75, 3.05) is 18.8 Å². The van der Waals surface area contributed by atoms with E-state index < -0.39 is 5.97 Å². The van der Waals surface area contributed by atoms with Gasteiger partial charge >= 0.3 is 5.97 Å². The molecule has 0 heterocycles. The second kappa shape index (κ2) is 7.49. The molecule has 0 bridgehead atoms. The summed E-state index contributed by atoms with van der Waals surface area (Å²) in [6, 6.07) is 7.78. The molecule has 0 radical (unpaired) electrons. The number of amides is 1. The number of carboxylic acid groups (broad SMARTS) is 1. The maximum atomic E-state index is 11.9. The molecule has 1 amide bonds. The Morgan fingerprint density at radius 3 is 2.53 bits per heavy atom. The van der Waals surface area contributed by atoms with Crippen LogP contribution in [-0.2, 0) is 9.59 Å². The first-order chi connectivity index (χ1) is 9.02. The monoisotopic (exact) mass is 277 g/mol. The van der Waals surface area contributed by atoms with Crippen LogP contribution in [0.25, 0.3) is 0 Å². The minimum atomic E-state index is -1.07. The molecule has 0 fully saturated rings. The second-order valence-electron chi connectivity index (χ2n) is 3.95. The molecule has 1 rings (SSSR count). The highest BCUT2D eigenvalue weighted by Crippen LogP contribution is 2.18. The van der Waals surface area contributed by atoms with Gasteiger partial charge in [0.15, 0.2) is 0 Å². The van der Waals surface area contributed by atoms with Gasteiger partial charge in [0.05, 0.1) is 12.3 Å². The summed E-state index contributed by atoms with van der Waals surface area (Å²) in [5.41, 5.74) is 1.15. The number of aryl methyl sites for hydroxylation is 1. The quantitative estimate of drug-likeness (QED) is 0.634. The SMILES string of the molecule is C#CCN(CC(=O)O)C(=O)CSc1ccc(C)cc1. The number of terminal acetylenes is 1. The molecule has 0 unspecified atom stereocenters. The Morgan fingerprint density at radius 1 is 1.37 bits per heavy atom. The molecule has 1 N–H and O–H groups in total. The number of benzene rings is 1. The van der Waals surface area contributed by atoms with E-state index in [0.717, 1.165) is 15.4 Å². The van der Waals surface area contributed by atoms with Crippen molar-refractivity contribution in [3.63, 3.8) is 0 Å². The van der Waals surface area contributed by atoms with E-state index in [9.17, 15) is 9.59 Å². The van der Waals surface area contributed by atoms with E-state index in [-0.39, 0.29) is 24.7 Å². The van der Waals surface area contributed by atoms with Gasteiger partial charge in [-0.15, -0.1) is 18.2 Å². The van der Waals surface area contributed by atoms with Crippen molar-refractivity contribution in [2.24, 2.45) is 0 Å². The van der Waals surface area contributed by atoms with E-state index in [4.69, 9.17) is 11.5 Å². The zero-order valence-electron chi connectivity index (χ0n) is 10.6. The van der Waals surface area contributed by atoms with Gasteiger partial charge in [0, 0.05) is 4.90 Å². The number of rotatable bonds is 6. The van der Waals surface area contributed by atoms with Crippen molar-refractivity contribution in [3.05, 3.63) is 29.8 Å². The van der Waals surface area contributed by atoms with Crippen molar-refractivity contribution in [3.8, 4) is 12.3 Å². The number of hydrogen-bond acceptors (Lipinski definition) is 3. The van der Waals surface area contributed by atoms with Crippen molar-refractivity contribution < 1.29 is 14.7 Å². The predicted molar refractivity (Wildman–Crippen MR) is 75.0 cm³/mol. The molecule has 0 aliphatic carbocycles. The molecule has 0 aliphatic heterocycles. The Kier molecular flexibility index (Phi) is 5.97. The molecule has 0 atom stereocenters. The van der Waals surface area contributed by atoms with Crippen molar-refractivity contribution >= 4 is 23.6 Å². The van der Waals surface area contributed by atoms with E-state index in [1.807, 2.05) is 31.2 Å². The third kappa shape index (κ3) is 5.49. The second-order valence-corrected chi connectivity index (χ2v) is 5.00. The number of thioether (sulfide) groups is 1. The summed E-state index contributed by atoms with van der Waals surface area (Å²) in [7, 11) is 0. The molecule has 0 spiro atoms. The molecule has 19 heavy (non-hydrogen) atoms. The largest absolute Gasteiger partial charge is 0.480 e. The van der Waals surface area contributed by atoms with E-state index in [1.165, 1.54) is 11.8 Å². The number of carbonyl (C=O) groups excluding carboxylic acids is 1. The van der Waals surface area contributed by atoms with Crippen molar-refractivity contribution in [1.82, 2.24) is 4.90 Å². The van der Waals surface area contributed by atoms with Crippen LogP contribution in [0.5, 0.6) is 0 Å². The Morgan fingerprint density at radius 2 is 2.00 bits per heavy atom. The zero-order valence-corrected chi connectivity index (χ0v) is 11.4. The highest BCUT2D eigenvalue weighted by molar-refractivity contribution is 8.00. The topological polar surface area (TPSA) is 57.6 Å². The Bertz CT molecular complexity index is 490. The van der Waals surface area contributed by atoms with Crippen LogP contribution in [-0.4, -0.2) is 40.7 Å². The zero-order chi connectivity index (χ0) is 14.3. The third-order valence-electron chi connectivity index (χ3n) is 2.34. The summed E-state index contributed by atoms with van der Waals surface area (Å²) in [5.74, 6) is 1.13. The van der Waals surface area contributed by atoms with Crippen LogP contribution in [0.2, 0.25) is 0 Å². The van der Waals surface area contributed by atoms with Gasteiger partial charge < -0.3 is 10.0 Å². The lowest BCUT2D eigenvalue weighted by Gasteiger charge is -2.17. The molecular formula is C14H15NO3S. The van der Waals surface area contributed by atoms with Crippen LogP contribution in [0, 0.1) is 19.3 Å². The van der Waals surface area contributed by atoms with Gasteiger partial charge in [0.2, 0.25) is 5.91 Å². The highest BCUT2D eigenvalue weighted by Gasteiger charge is 2.15. The number of carboxylic acids is 1. The number of aliphatic carboxylic acids is 1. The van der Waals surface area contributed by atoms with E-state index in [0.29, 0.717) is 0 Å². The number of hydrogen-bond donors (Lipinski definition) is 1. The molecule has 0 aliphatic rings. The molecule has 1 aromatic carbocycles. The lowest BCUT2D eigenvalue weighted by molar-refractivity contribution is -0.143. The number of nitrogens with zero attached hydrogens (tertiary/aromatic N) is 1. The van der Waals surface area contributed by atoms with Gasteiger partial charge in [-0.25, -0.2) is 0 Å². The highest BCUT2D eigenvalue weighted by atomic mass is 32.2. The first-order valence-corrected chi connectivity index (χ1v) is 6.64. The van der Waals surface area contributed by atoms with E-state index >= 15 is 0 Å². The van der Waals surface area contributed by atoms with Gasteiger partial charge in [-0.2, -0.15) is 0 Å². The average Bonchev–Trinajstić information content (AvgIpc) is 2.37. The maximum absolute atomic E-state index is 11.9. The summed E-state index contributed by atoms with van der Waals surface area (Å²) in [6.07, 6.45) is 5.12. The maximum Gasteiger partial charge on any atom is 0.323 e. The molecule has 0 saturated heterocycles. The molecular weight excluding hydrogens is 262 g/mol. The van der Waals surface area contributed by atoms with Gasteiger partial charge in [0.25, 0.3) is 0 Å². The molecule has 100 valence electrons. The van der Waals surface area contributed by atoms with Gasteiger partial charge in [0.1, 0.15) is 6.54 Å². The molecule has 1 aromatic rings. The Hall–Kier alpha value is -1.93. The number of carbonyl (C=O) groups is 2. The molecule has 5 heteroatoms. The normalized spacial score (nSPS) is 9.68. The first kappa shape index (κ1) is 15.1. The summed E-state index contributed by atoms with van der Waals surface area (Å²) in [4.78, 5) is 24.6. The molecule has 0 aromatic heterocycles. The van der Waals surface area contributed by atoms with E-state index in [2.05, 4.69) is 5.92 Å². The predicted octanol–water partition coefficient (Wildman–Crippen LogP) is 1.63. The summed E-state index contributed by atoms with van der Waals surface area (Å²) in [5, 5.41) is 8.71. The smallest absolute Gasteiger partial charge is 0.323 e. The van der Waals surface area contributed by atoms with Crippen LogP contribution in [0.3, 0.4) is 0 Å². The Labute approximate surface area is 116 Å². The van der Waals surface area contributed by atoms with Crippen molar-refractivity contribution in [2.45, 2.75) is 11.8 Å². The fourth-order valence-corrected chi connectivity index (χ4v) is 2.18. The van der Waals surface area contributed by atoms with Crippen LogP contribution in [0.4, 0.5) is 0 Å². The fourth-order valence-electron chi connectivity index (χ4n) is 1.38. The molecule has 4 nitrogen and oxygen atoms in total. The van der Waals surface area contributed by atoms with Gasteiger partial charge in [-0.3, -0.25) is 9.59 Å². The first-order valence-electron chi connectivity index (χ1n) is 5.65. The molecule has 0 saturated carbocycles. The van der Waals surface area contributed by atoms with Gasteiger partial charge in [-0.1, -0.05) is 23.6 Å². The standard InChI is InChI=1S/C14H15NO3S/c1-3-8-15(9-14(17)18)13(16)10-19-12-6-4-11(2)5-7-12/h1,4-7H,8-10H2,2H3,(H,17,18). The Balaban J connectivity index is 2.54. The summed E-state index contributed by atoms with van der Waals surface area (Å²) in [6.45, 7) is 1.64. The van der Waals surface area contributed by atoms with E-state index in [1.54, 1.807) is 0 Å². The average molecular weight is 277 g/mol. The minimum Gasteiger partial charge on any atom is -0.480 e. The summed E-state index contributed by atoms with van der Waals surface area (Å²) < 4.78 is 0. The van der Waals surface area contributed by atoms with Crippen LogP contribution in [0.15, 0.2) is 29.2 Å².